The van der Waals surface area contributed by atoms with E-state index >= 15 is 0 Å². The molecule has 0 unspecified atom stereocenters. The van der Waals surface area contributed by atoms with Gasteiger partial charge in [0.2, 0.25) is 0 Å². The molecule has 3 N–H and O–H groups in total. The Hall–Kier alpha value is -2.04. The number of benzene rings is 1. The molecule has 1 aromatic rings. The first-order chi connectivity index (χ1) is 10.3. The van der Waals surface area contributed by atoms with E-state index in [4.69, 9.17) is 4.84 Å². The van der Waals surface area contributed by atoms with Gasteiger partial charge in [-0.15, -0.1) is 0 Å². The molecule has 0 bridgehead atoms. The number of allylic oxidation sites excluding steroid dienone is 2. The predicted molar refractivity (Wildman–Crippen MR) is 89.5 cm³/mol. The molecule has 4 heteroatoms. The second-order valence-electron chi connectivity index (χ2n) is 4.80. The molecule has 4 nitrogen and oxygen atoms in total. The number of hydrogen-bond donors (Lipinski definition) is 3. The molecular formula is C17H23N3O. The van der Waals surface area contributed by atoms with Gasteiger partial charge in [0.25, 0.3) is 0 Å². The van der Waals surface area contributed by atoms with Gasteiger partial charge >= 0.3 is 0 Å². The quantitative estimate of drug-likeness (QED) is 0.532. The van der Waals surface area contributed by atoms with E-state index in [-0.39, 0.29) is 0 Å². The van der Waals surface area contributed by atoms with E-state index in [1.54, 1.807) is 7.11 Å². The molecule has 0 radical (unpaired) electrons. The Bertz CT molecular complexity index is 561. The molecule has 1 aliphatic rings. The number of nitrogens with one attached hydrogen (secondary N) is 3. The lowest BCUT2D eigenvalue weighted by atomic mass is 10.0. The second kappa shape index (κ2) is 7.67. The maximum Gasteiger partial charge on any atom is 0.0572 e. The van der Waals surface area contributed by atoms with Crippen LogP contribution in [0.15, 0.2) is 42.6 Å². The minimum atomic E-state index is 0.743. The van der Waals surface area contributed by atoms with Gasteiger partial charge in [0.15, 0.2) is 0 Å². The van der Waals surface area contributed by atoms with Crippen molar-refractivity contribution in [1.29, 1.82) is 0 Å². The van der Waals surface area contributed by atoms with Gasteiger partial charge < -0.3 is 15.5 Å². The Morgan fingerprint density at radius 1 is 1.33 bits per heavy atom. The third-order valence-electron chi connectivity index (χ3n) is 3.23. The fourth-order valence-corrected chi connectivity index (χ4v) is 2.30. The lowest BCUT2D eigenvalue weighted by Gasteiger charge is -2.21. The van der Waals surface area contributed by atoms with Crippen LogP contribution in [0, 0.1) is 0 Å². The van der Waals surface area contributed by atoms with Gasteiger partial charge in [-0.25, -0.2) is 5.48 Å². The van der Waals surface area contributed by atoms with Crippen molar-refractivity contribution in [2.24, 2.45) is 0 Å². The van der Waals surface area contributed by atoms with Gasteiger partial charge in [0.1, 0.15) is 0 Å². The van der Waals surface area contributed by atoms with Crippen molar-refractivity contribution in [2.75, 3.05) is 25.5 Å². The summed E-state index contributed by atoms with van der Waals surface area (Å²) in [4.78, 5) is 4.85. The van der Waals surface area contributed by atoms with Crippen LogP contribution in [0.25, 0.3) is 11.8 Å². The Morgan fingerprint density at radius 3 is 2.95 bits per heavy atom. The van der Waals surface area contributed by atoms with E-state index in [0.29, 0.717) is 0 Å². The van der Waals surface area contributed by atoms with Crippen molar-refractivity contribution in [2.45, 2.75) is 13.3 Å². The third kappa shape index (κ3) is 3.97. The molecule has 0 aromatic heterocycles. The van der Waals surface area contributed by atoms with E-state index < -0.39 is 0 Å². The number of rotatable bonds is 7. The molecule has 2 rings (SSSR count). The average molecular weight is 285 g/mol. The SMILES string of the molecule is C=C1C=Cc2cccc(/C(=C\CC)NCCNOC)c2N1. The van der Waals surface area contributed by atoms with Crippen LogP contribution in [0.5, 0.6) is 0 Å². The summed E-state index contributed by atoms with van der Waals surface area (Å²) in [6, 6.07) is 6.30. The van der Waals surface area contributed by atoms with Crippen molar-refractivity contribution < 1.29 is 4.84 Å². The van der Waals surface area contributed by atoms with Gasteiger partial charge in [0.05, 0.1) is 12.8 Å². The summed E-state index contributed by atoms with van der Waals surface area (Å²) < 4.78 is 0. The van der Waals surface area contributed by atoms with E-state index in [9.17, 15) is 0 Å². The largest absolute Gasteiger partial charge is 0.383 e. The zero-order valence-corrected chi connectivity index (χ0v) is 12.7. The third-order valence-corrected chi connectivity index (χ3v) is 3.23. The maximum absolute atomic E-state index is 4.85. The monoisotopic (exact) mass is 285 g/mol. The van der Waals surface area contributed by atoms with Crippen LogP contribution in [-0.2, 0) is 4.84 Å². The lowest BCUT2D eigenvalue weighted by molar-refractivity contribution is 0.0933. The van der Waals surface area contributed by atoms with Gasteiger partial charge in [-0.2, -0.15) is 0 Å². The van der Waals surface area contributed by atoms with Crippen LogP contribution >= 0.6 is 0 Å². The summed E-state index contributed by atoms with van der Waals surface area (Å²) in [5.74, 6) is 0. The lowest BCUT2D eigenvalue weighted by Crippen LogP contribution is -2.26. The van der Waals surface area contributed by atoms with Crippen molar-refractivity contribution in [3.63, 3.8) is 0 Å². The zero-order chi connectivity index (χ0) is 15.1. The van der Waals surface area contributed by atoms with Crippen LogP contribution in [0.4, 0.5) is 5.69 Å². The molecule has 0 saturated carbocycles. The maximum atomic E-state index is 4.85. The van der Waals surface area contributed by atoms with Crippen molar-refractivity contribution in [3.05, 3.63) is 53.8 Å². The van der Waals surface area contributed by atoms with E-state index in [0.717, 1.165) is 42.2 Å². The van der Waals surface area contributed by atoms with Gasteiger partial charge in [0, 0.05) is 30.0 Å². The Kier molecular flexibility index (Phi) is 5.60. The van der Waals surface area contributed by atoms with Crippen LogP contribution in [0.2, 0.25) is 0 Å². The van der Waals surface area contributed by atoms with Gasteiger partial charge in [-0.1, -0.05) is 43.9 Å². The van der Waals surface area contributed by atoms with Crippen molar-refractivity contribution >= 4 is 17.5 Å². The van der Waals surface area contributed by atoms with Gasteiger partial charge in [-0.3, -0.25) is 0 Å². The highest BCUT2D eigenvalue weighted by atomic mass is 16.6. The summed E-state index contributed by atoms with van der Waals surface area (Å²) in [5.41, 5.74) is 8.32. The van der Waals surface area contributed by atoms with E-state index in [2.05, 4.69) is 60.0 Å². The fourth-order valence-electron chi connectivity index (χ4n) is 2.30. The Balaban J connectivity index is 2.23. The molecule has 112 valence electrons. The number of hydrogen-bond acceptors (Lipinski definition) is 4. The number of para-hydroxylation sites is 1. The molecule has 0 fully saturated rings. The Labute approximate surface area is 126 Å². The molecule has 1 heterocycles. The fraction of sp³-hybridized carbons (Fsp3) is 0.294. The van der Waals surface area contributed by atoms with Crippen LogP contribution in [0.3, 0.4) is 0 Å². The number of anilines is 1. The highest BCUT2D eigenvalue weighted by Gasteiger charge is 2.13. The smallest absolute Gasteiger partial charge is 0.0572 e. The highest BCUT2D eigenvalue weighted by molar-refractivity contribution is 5.85. The summed E-state index contributed by atoms with van der Waals surface area (Å²) in [6.45, 7) is 7.65. The zero-order valence-electron chi connectivity index (χ0n) is 12.7. The average Bonchev–Trinajstić information content (AvgIpc) is 2.50. The molecule has 0 spiro atoms. The number of hydroxylamine groups is 1. The summed E-state index contributed by atoms with van der Waals surface area (Å²) in [7, 11) is 1.62. The molecule has 0 amide bonds. The van der Waals surface area contributed by atoms with Crippen LogP contribution in [0.1, 0.15) is 24.5 Å². The van der Waals surface area contributed by atoms with Crippen molar-refractivity contribution in [3.8, 4) is 0 Å². The first-order valence-corrected chi connectivity index (χ1v) is 7.23. The first-order valence-electron chi connectivity index (χ1n) is 7.23. The normalized spacial score (nSPS) is 13.8. The first kappa shape index (κ1) is 15.4. The standard InChI is InChI=1S/C17H23N3O/c1-4-6-16(18-11-12-19-21-3)15-8-5-7-14-10-9-13(2)20-17(14)15/h5-10,18-20H,2,4,11-12H2,1,3H3/b16-6+. The summed E-state index contributed by atoms with van der Waals surface area (Å²) in [5, 5.41) is 6.83. The molecule has 0 aliphatic carbocycles. The summed E-state index contributed by atoms with van der Waals surface area (Å²) in [6.07, 6.45) is 7.25. The van der Waals surface area contributed by atoms with Crippen LogP contribution in [-0.4, -0.2) is 20.2 Å². The molecular weight excluding hydrogens is 262 g/mol. The molecule has 1 aromatic carbocycles. The van der Waals surface area contributed by atoms with Crippen LogP contribution < -0.4 is 16.1 Å². The van der Waals surface area contributed by atoms with E-state index in [1.165, 1.54) is 5.56 Å². The van der Waals surface area contributed by atoms with E-state index in [1.807, 2.05) is 6.08 Å². The topological polar surface area (TPSA) is 45.3 Å². The molecule has 1 aliphatic heterocycles. The molecule has 0 saturated heterocycles. The minimum Gasteiger partial charge on any atom is -0.383 e. The number of fused-ring (bicyclic) bond motifs is 1. The highest BCUT2D eigenvalue weighted by Crippen LogP contribution is 2.31. The molecule has 21 heavy (non-hydrogen) atoms. The minimum absolute atomic E-state index is 0.743. The van der Waals surface area contributed by atoms with Crippen molar-refractivity contribution in [1.82, 2.24) is 10.8 Å². The Morgan fingerprint density at radius 2 is 2.19 bits per heavy atom. The second-order valence-corrected chi connectivity index (χ2v) is 4.80. The predicted octanol–water partition coefficient (Wildman–Crippen LogP) is 3.13. The summed E-state index contributed by atoms with van der Waals surface area (Å²) >= 11 is 0. The molecule has 0 atom stereocenters. The van der Waals surface area contributed by atoms with Gasteiger partial charge in [-0.05, 0) is 18.1 Å².